The fourth-order valence-electron chi connectivity index (χ4n) is 0.398. The Morgan fingerprint density at radius 1 is 1.73 bits per heavy atom. The monoisotopic (exact) mass is 178 g/mol. The number of amidine groups is 1. The summed E-state index contributed by atoms with van der Waals surface area (Å²) in [5, 5.41) is 24.3. The van der Waals surface area contributed by atoms with E-state index in [1.165, 1.54) is 11.8 Å². The summed E-state index contributed by atoms with van der Waals surface area (Å²) >= 11 is 1.36. The molecule has 0 saturated carbocycles. The zero-order valence-corrected chi connectivity index (χ0v) is 7.27. The van der Waals surface area contributed by atoms with Gasteiger partial charge in [-0.15, -0.1) is 11.8 Å². The fourth-order valence-corrected chi connectivity index (χ4v) is 1.19. The summed E-state index contributed by atoms with van der Waals surface area (Å²) < 4.78 is 0. The molecule has 0 aromatic carbocycles. The Morgan fingerprint density at radius 2 is 2.27 bits per heavy atom. The van der Waals surface area contributed by atoms with Crippen LogP contribution in [0.3, 0.4) is 0 Å². The van der Waals surface area contributed by atoms with Crippen LogP contribution in [0.1, 0.15) is 6.92 Å². The van der Waals surface area contributed by atoms with Crippen molar-refractivity contribution < 1.29 is 10.2 Å². The summed E-state index contributed by atoms with van der Waals surface area (Å²) in [7, 11) is 0. The Bertz CT molecular complexity index is 132. The maximum atomic E-state index is 8.91. The van der Waals surface area contributed by atoms with Crippen molar-refractivity contribution in [3.8, 4) is 0 Å². The van der Waals surface area contributed by atoms with Crippen LogP contribution in [0.5, 0.6) is 0 Å². The number of aliphatic hydroxyl groups is 2. The molecule has 0 bridgehead atoms. The highest BCUT2D eigenvalue weighted by Crippen LogP contribution is 2.10. The second-order valence-electron chi connectivity index (χ2n) is 2.27. The molecule has 0 aromatic rings. The van der Waals surface area contributed by atoms with E-state index in [2.05, 4.69) is 0 Å². The molecule has 0 fully saturated rings. The van der Waals surface area contributed by atoms with Crippen molar-refractivity contribution in [1.29, 1.82) is 5.41 Å². The molecule has 2 atom stereocenters. The van der Waals surface area contributed by atoms with Gasteiger partial charge in [-0.1, -0.05) is 0 Å². The Balaban J connectivity index is 3.45. The highest BCUT2D eigenvalue weighted by Gasteiger charge is 2.08. The van der Waals surface area contributed by atoms with Gasteiger partial charge in [-0.2, -0.15) is 0 Å². The predicted octanol–water partition coefficient (Wildman–Crippen LogP) is -0.603. The molecule has 0 heterocycles. The van der Waals surface area contributed by atoms with Gasteiger partial charge in [-0.25, -0.2) is 0 Å². The number of nitrogens with one attached hydrogen (secondary N) is 1. The summed E-state index contributed by atoms with van der Waals surface area (Å²) in [4.78, 5) is 0. The van der Waals surface area contributed by atoms with Crippen molar-refractivity contribution in [2.24, 2.45) is 5.73 Å². The molecule has 0 radical (unpaired) electrons. The van der Waals surface area contributed by atoms with E-state index in [0.717, 1.165) is 0 Å². The second-order valence-corrected chi connectivity index (χ2v) is 3.64. The van der Waals surface area contributed by atoms with Crippen molar-refractivity contribution >= 4 is 17.6 Å². The minimum atomic E-state index is -0.707. The van der Waals surface area contributed by atoms with E-state index in [4.69, 9.17) is 21.4 Å². The molecule has 2 unspecified atom stereocenters. The van der Waals surface area contributed by atoms with Crippen LogP contribution in [-0.2, 0) is 0 Å². The van der Waals surface area contributed by atoms with Crippen molar-refractivity contribution in [1.82, 2.24) is 0 Å². The van der Waals surface area contributed by atoms with Gasteiger partial charge in [0.15, 0.2) is 0 Å². The third kappa shape index (κ3) is 5.06. The third-order valence-electron chi connectivity index (χ3n) is 1.19. The standard InChI is InChI=1S/C6H14N2O2S/c1-4(6(7)8)11-3-5(10)2-9/h4-5,9-10H,2-3H2,1H3,(H3,7,8). The zero-order valence-electron chi connectivity index (χ0n) is 6.45. The molecule has 0 aliphatic heterocycles. The lowest BCUT2D eigenvalue weighted by Gasteiger charge is -2.11. The lowest BCUT2D eigenvalue weighted by molar-refractivity contribution is 0.113. The smallest absolute Gasteiger partial charge is 0.104 e. The lowest BCUT2D eigenvalue weighted by Crippen LogP contribution is -2.25. The first-order valence-electron chi connectivity index (χ1n) is 3.32. The Morgan fingerprint density at radius 3 is 2.64 bits per heavy atom. The normalized spacial score (nSPS) is 15.9. The van der Waals surface area contributed by atoms with Crippen LogP contribution in [0.4, 0.5) is 0 Å². The zero-order chi connectivity index (χ0) is 8.85. The average molecular weight is 178 g/mol. The molecule has 0 amide bonds. The molecule has 0 aliphatic carbocycles. The molecule has 0 rings (SSSR count). The van der Waals surface area contributed by atoms with E-state index in [-0.39, 0.29) is 17.7 Å². The third-order valence-corrected chi connectivity index (χ3v) is 2.52. The van der Waals surface area contributed by atoms with E-state index < -0.39 is 6.10 Å². The second kappa shape index (κ2) is 5.40. The lowest BCUT2D eigenvalue weighted by atomic mass is 10.4. The van der Waals surface area contributed by atoms with E-state index in [9.17, 15) is 0 Å². The maximum Gasteiger partial charge on any atom is 0.104 e. The topological polar surface area (TPSA) is 90.3 Å². The molecule has 0 aliphatic rings. The summed E-state index contributed by atoms with van der Waals surface area (Å²) in [5.41, 5.74) is 5.18. The minimum absolute atomic E-state index is 0.0869. The molecule has 0 spiro atoms. The van der Waals surface area contributed by atoms with Crippen LogP contribution < -0.4 is 5.73 Å². The highest BCUT2D eigenvalue weighted by atomic mass is 32.2. The average Bonchev–Trinajstić information content (AvgIpc) is 1.99. The molecule has 4 nitrogen and oxygen atoms in total. The first-order valence-corrected chi connectivity index (χ1v) is 4.37. The molecule has 5 heteroatoms. The summed E-state index contributed by atoms with van der Waals surface area (Å²) in [6, 6.07) is 0. The van der Waals surface area contributed by atoms with Gasteiger partial charge in [0, 0.05) is 5.75 Å². The number of rotatable bonds is 5. The van der Waals surface area contributed by atoms with Gasteiger partial charge in [0.25, 0.3) is 0 Å². The maximum absolute atomic E-state index is 8.91. The molecule has 66 valence electrons. The summed E-state index contributed by atoms with van der Waals surface area (Å²) in [6.07, 6.45) is -0.707. The highest BCUT2D eigenvalue weighted by molar-refractivity contribution is 8.00. The van der Waals surface area contributed by atoms with Gasteiger partial charge in [0.2, 0.25) is 0 Å². The number of thioether (sulfide) groups is 1. The van der Waals surface area contributed by atoms with Gasteiger partial charge < -0.3 is 15.9 Å². The van der Waals surface area contributed by atoms with E-state index >= 15 is 0 Å². The van der Waals surface area contributed by atoms with Crippen LogP contribution in [-0.4, -0.2) is 39.8 Å². The molecule has 11 heavy (non-hydrogen) atoms. The van der Waals surface area contributed by atoms with E-state index in [0.29, 0.717) is 5.75 Å². The molecular formula is C6H14N2O2S. The van der Waals surface area contributed by atoms with Gasteiger partial charge in [0.1, 0.15) is 5.84 Å². The first-order chi connectivity index (χ1) is 5.07. The Kier molecular flexibility index (Phi) is 5.27. The van der Waals surface area contributed by atoms with Gasteiger partial charge >= 0.3 is 0 Å². The summed E-state index contributed by atoms with van der Waals surface area (Å²) in [6.45, 7) is 1.55. The quantitative estimate of drug-likeness (QED) is 0.334. The number of aliphatic hydroxyl groups excluding tert-OH is 2. The number of nitrogens with two attached hydrogens (primary N) is 1. The fraction of sp³-hybridized carbons (Fsp3) is 0.833. The Labute approximate surface area is 70.3 Å². The van der Waals surface area contributed by atoms with Crippen molar-refractivity contribution in [2.45, 2.75) is 18.3 Å². The number of hydrogen-bond acceptors (Lipinski definition) is 4. The largest absolute Gasteiger partial charge is 0.394 e. The minimum Gasteiger partial charge on any atom is -0.394 e. The van der Waals surface area contributed by atoms with Crippen LogP contribution in [0.2, 0.25) is 0 Å². The van der Waals surface area contributed by atoms with Crippen molar-refractivity contribution in [2.75, 3.05) is 12.4 Å². The van der Waals surface area contributed by atoms with Gasteiger partial charge in [-0.3, -0.25) is 5.41 Å². The first kappa shape index (κ1) is 10.7. The van der Waals surface area contributed by atoms with Crippen LogP contribution in [0.25, 0.3) is 0 Å². The van der Waals surface area contributed by atoms with Crippen molar-refractivity contribution in [3.05, 3.63) is 0 Å². The summed E-state index contributed by atoms with van der Waals surface area (Å²) in [5.74, 6) is 0.511. The predicted molar refractivity (Wildman–Crippen MR) is 46.9 cm³/mol. The Hall–Kier alpha value is -0.260. The molecule has 0 saturated heterocycles. The van der Waals surface area contributed by atoms with E-state index in [1.54, 1.807) is 6.92 Å². The van der Waals surface area contributed by atoms with Crippen LogP contribution in [0, 0.1) is 5.41 Å². The van der Waals surface area contributed by atoms with Crippen LogP contribution in [0.15, 0.2) is 0 Å². The van der Waals surface area contributed by atoms with Crippen molar-refractivity contribution in [3.63, 3.8) is 0 Å². The molecular weight excluding hydrogens is 164 g/mol. The SMILES string of the molecule is CC(SCC(O)CO)C(=N)N. The van der Waals surface area contributed by atoms with Crippen LogP contribution >= 0.6 is 11.8 Å². The van der Waals surface area contributed by atoms with E-state index in [1.807, 2.05) is 0 Å². The molecule has 5 N–H and O–H groups in total. The van der Waals surface area contributed by atoms with Gasteiger partial charge in [-0.05, 0) is 6.92 Å². The number of hydrogen-bond donors (Lipinski definition) is 4. The molecule has 0 aromatic heterocycles. The van der Waals surface area contributed by atoms with Gasteiger partial charge in [0.05, 0.1) is 18.0 Å².